The van der Waals surface area contributed by atoms with Gasteiger partial charge < -0.3 is 9.32 Å². The van der Waals surface area contributed by atoms with E-state index in [1.54, 1.807) is 18.7 Å². The monoisotopic (exact) mass is 568 g/mol. The third-order valence-electron chi connectivity index (χ3n) is 7.89. The lowest BCUT2D eigenvalue weighted by atomic mass is 9.83. The summed E-state index contributed by atoms with van der Waals surface area (Å²) in [7, 11) is -1.97. The Bertz CT molecular complexity index is 1400. The van der Waals surface area contributed by atoms with Crippen LogP contribution in [0.3, 0.4) is 0 Å². The van der Waals surface area contributed by atoms with Gasteiger partial charge in [0, 0.05) is 12.5 Å². The van der Waals surface area contributed by atoms with Gasteiger partial charge in [-0.15, -0.1) is 11.8 Å². The standard InChI is InChI=1S/C33H36N2O3SSi/c1-23-34-27(22-38-23)28(36)33(40(5)6)29(37)35(31(2,3)4)30(33)39-32(24-16-10-7-11-17-24,25-18-12-8-13-19-25)26-20-14-9-15-21-26/h7-22,30,40H,1-6H3. The number of nitrogens with zero attached hydrogens (tertiary/aromatic N) is 2. The minimum Gasteiger partial charge on any atom is -0.449 e. The van der Waals surface area contributed by atoms with Gasteiger partial charge in [0.2, 0.25) is 5.91 Å². The maximum absolute atomic E-state index is 14.4. The van der Waals surface area contributed by atoms with Crippen molar-refractivity contribution in [3.8, 4) is 0 Å². The zero-order chi connectivity index (χ0) is 28.7. The van der Waals surface area contributed by atoms with E-state index >= 15 is 0 Å². The Morgan fingerprint density at radius 1 is 0.875 bits per heavy atom. The second-order valence-electron chi connectivity index (χ2n) is 11.7. The molecule has 0 radical (unpaired) electrons. The number of likely N-dealkylation sites (tertiary alicyclic amines) is 1. The van der Waals surface area contributed by atoms with Crippen LogP contribution >= 0.6 is 11.8 Å². The molecule has 5 rings (SSSR count). The minimum atomic E-state index is -1.97. The summed E-state index contributed by atoms with van der Waals surface area (Å²) in [4.78, 5) is 35.1. The zero-order valence-electron chi connectivity index (χ0n) is 23.9. The molecule has 5 nitrogen and oxygen atoms in total. The van der Waals surface area contributed by atoms with Crippen molar-refractivity contribution in [2.75, 3.05) is 0 Å². The molecule has 0 bridgehead atoms. The number of amides is 1. The van der Waals surface area contributed by atoms with Crippen molar-refractivity contribution in [3.63, 3.8) is 0 Å². The van der Waals surface area contributed by atoms with Crippen LogP contribution in [-0.4, -0.2) is 41.3 Å². The zero-order valence-corrected chi connectivity index (χ0v) is 25.9. The number of thioether (sulfide) groups is 1. The first-order chi connectivity index (χ1) is 19.0. The minimum absolute atomic E-state index is 0.104. The quantitative estimate of drug-likeness (QED) is 0.0747. The molecule has 1 fully saturated rings. The summed E-state index contributed by atoms with van der Waals surface area (Å²) in [5.74, 6) is 0.0878. The van der Waals surface area contributed by atoms with Gasteiger partial charge in [0.05, 0.1) is 18.9 Å². The highest BCUT2D eigenvalue weighted by molar-refractivity contribution is 8.01. The predicted octanol–water partition coefficient (Wildman–Crippen LogP) is 7.08. The maximum atomic E-state index is 14.4. The highest BCUT2D eigenvalue weighted by atomic mass is 32.2. The topological polar surface area (TPSA) is 63.4 Å². The number of aryl methyl sites for hydroxylation is 1. The molecule has 2 atom stereocenters. The van der Waals surface area contributed by atoms with Crippen LogP contribution in [0.1, 0.15) is 53.8 Å². The van der Waals surface area contributed by atoms with Crippen molar-refractivity contribution in [2.45, 2.75) is 61.5 Å². The van der Waals surface area contributed by atoms with E-state index in [9.17, 15) is 9.59 Å². The summed E-state index contributed by atoms with van der Waals surface area (Å²) in [6, 6.07) is 31.2. The maximum Gasteiger partial charge on any atom is 0.237 e. The number of carbonyl (C=O) groups excluding carboxylic acids is 2. The second-order valence-corrected chi connectivity index (χ2v) is 16.2. The van der Waals surface area contributed by atoms with E-state index in [1.165, 1.54) is 6.26 Å². The molecule has 206 valence electrons. The first kappa shape index (κ1) is 28.1. The average molecular weight is 569 g/mol. The lowest BCUT2D eigenvalue weighted by molar-refractivity contribution is -0.153. The lowest BCUT2D eigenvalue weighted by Crippen LogP contribution is -2.75. The smallest absolute Gasteiger partial charge is 0.237 e. The molecule has 2 unspecified atom stereocenters. The Morgan fingerprint density at radius 3 is 1.68 bits per heavy atom. The van der Waals surface area contributed by atoms with Gasteiger partial charge in [-0.05, 0) is 37.5 Å². The number of β-lactam (4-membered cyclic amide) rings is 1. The van der Waals surface area contributed by atoms with E-state index < -0.39 is 29.5 Å². The molecule has 7 heteroatoms. The molecule has 1 aromatic heterocycles. The predicted molar refractivity (Wildman–Crippen MR) is 164 cm³/mol. The van der Waals surface area contributed by atoms with Gasteiger partial charge in [-0.1, -0.05) is 104 Å². The summed E-state index contributed by atoms with van der Waals surface area (Å²) in [5.41, 5.74) is 3.02. The van der Waals surface area contributed by atoms with E-state index in [4.69, 9.17) is 4.42 Å². The third-order valence-corrected chi connectivity index (χ3v) is 12.6. The van der Waals surface area contributed by atoms with Crippen LogP contribution in [0.2, 0.25) is 18.1 Å². The highest BCUT2D eigenvalue weighted by Gasteiger charge is 2.71. The Kier molecular flexibility index (Phi) is 7.40. The van der Waals surface area contributed by atoms with Gasteiger partial charge in [-0.3, -0.25) is 9.59 Å². The highest BCUT2D eigenvalue weighted by Crippen LogP contribution is 2.63. The Hall–Kier alpha value is -3.42. The average Bonchev–Trinajstić information content (AvgIpc) is 3.38. The van der Waals surface area contributed by atoms with Gasteiger partial charge in [-0.25, -0.2) is 4.98 Å². The van der Waals surface area contributed by atoms with Crippen molar-refractivity contribution in [1.82, 2.24) is 9.88 Å². The van der Waals surface area contributed by atoms with Crippen molar-refractivity contribution in [2.24, 2.45) is 0 Å². The van der Waals surface area contributed by atoms with Crippen LogP contribution in [0, 0.1) is 6.92 Å². The number of benzene rings is 3. The molecule has 1 amide bonds. The number of rotatable bonds is 8. The Balaban J connectivity index is 1.80. The number of ketones is 1. The molecule has 1 aliphatic heterocycles. The van der Waals surface area contributed by atoms with Crippen LogP contribution in [0.15, 0.2) is 102 Å². The molecule has 0 aliphatic carbocycles. The fourth-order valence-corrected chi connectivity index (χ4v) is 11.0. The van der Waals surface area contributed by atoms with Crippen molar-refractivity contribution >= 4 is 32.2 Å². The molecular formula is C33H36N2O3SSi. The fourth-order valence-electron chi connectivity index (χ4n) is 5.92. The van der Waals surface area contributed by atoms with E-state index in [-0.39, 0.29) is 17.4 Å². The van der Waals surface area contributed by atoms with Crippen LogP contribution in [-0.2, 0) is 9.54 Å². The fraction of sp³-hybridized carbons (Fsp3) is 0.303. The molecule has 1 aliphatic rings. The van der Waals surface area contributed by atoms with Crippen LogP contribution < -0.4 is 0 Å². The molecule has 1 saturated heterocycles. The van der Waals surface area contributed by atoms with Gasteiger partial charge in [0.15, 0.2) is 11.7 Å². The van der Waals surface area contributed by atoms with E-state index in [1.807, 2.05) is 43.9 Å². The molecule has 3 aromatic carbocycles. The van der Waals surface area contributed by atoms with Crippen molar-refractivity contribution in [3.05, 3.63) is 126 Å². The first-order valence-corrected chi connectivity index (χ1v) is 17.5. The Morgan fingerprint density at radius 2 is 1.32 bits per heavy atom. The van der Waals surface area contributed by atoms with E-state index in [0.717, 1.165) is 16.7 Å². The first-order valence-electron chi connectivity index (χ1n) is 13.7. The lowest BCUT2D eigenvalue weighted by Gasteiger charge is -2.62. The number of carbonyl (C=O) groups is 2. The van der Waals surface area contributed by atoms with Crippen LogP contribution in [0.25, 0.3) is 0 Å². The molecule has 40 heavy (non-hydrogen) atoms. The summed E-state index contributed by atoms with van der Waals surface area (Å²) in [6.07, 6.45) is 1.41. The number of Topliss-reactive ketones (excluding diaryl/α,β-unsaturated/α-hetero) is 1. The number of hydrogen-bond acceptors (Lipinski definition) is 5. The number of oxazole rings is 1. The summed E-state index contributed by atoms with van der Waals surface area (Å²) in [6.45, 7) is 12.1. The molecule has 4 aromatic rings. The number of hydrogen-bond donors (Lipinski definition) is 0. The number of aromatic nitrogens is 1. The van der Waals surface area contributed by atoms with Crippen LogP contribution in [0.5, 0.6) is 0 Å². The molecule has 0 spiro atoms. The largest absolute Gasteiger partial charge is 0.449 e. The van der Waals surface area contributed by atoms with Gasteiger partial charge >= 0.3 is 0 Å². The van der Waals surface area contributed by atoms with Crippen molar-refractivity contribution in [1.29, 1.82) is 0 Å². The molecule has 0 saturated carbocycles. The summed E-state index contributed by atoms with van der Waals surface area (Å²) < 4.78 is 4.77. The molecular weight excluding hydrogens is 533 g/mol. The molecule has 2 heterocycles. The van der Waals surface area contributed by atoms with Crippen LogP contribution in [0.4, 0.5) is 0 Å². The third kappa shape index (κ3) is 4.36. The van der Waals surface area contributed by atoms with E-state index in [2.05, 4.69) is 90.9 Å². The summed E-state index contributed by atoms with van der Waals surface area (Å²) in [5, 5.41) is -1.60. The van der Waals surface area contributed by atoms with Crippen molar-refractivity contribution < 1.29 is 14.0 Å². The van der Waals surface area contributed by atoms with Gasteiger partial charge in [0.1, 0.15) is 17.0 Å². The summed E-state index contributed by atoms with van der Waals surface area (Å²) >= 11 is 1.70. The van der Waals surface area contributed by atoms with E-state index in [0.29, 0.717) is 5.89 Å². The van der Waals surface area contributed by atoms with Gasteiger partial charge in [0.25, 0.3) is 0 Å². The molecule has 0 N–H and O–H groups in total. The second kappa shape index (κ2) is 10.5. The van der Waals surface area contributed by atoms with Gasteiger partial charge in [-0.2, -0.15) is 0 Å². The SMILES string of the molecule is Cc1nc(C(=O)C2([SiH](C)C)C(=O)N(C(C)(C)C)C2SC(c2ccccc2)(c2ccccc2)c2ccccc2)co1. The normalized spacial score (nSPS) is 19.5. The Labute approximate surface area is 242 Å².